The number of pyridine rings is 2. The highest BCUT2D eigenvalue weighted by Gasteiger charge is 2.34. The van der Waals surface area contributed by atoms with Crippen molar-refractivity contribution < 1.29 is 18.0 Å². The first-order chi connectivity index (χ1) is 9.84. The van der Waals surface area contributed by atoms with Gasteiger partial charge in [-0.3, -0.25) is 4.79 Å². The van der Waals surface area contributed by atoms with Crippen LogP contribution in [-0.2, 0) is 6.18 Å². The molecular weight excluding hydrogens is 285 g/mol. The van der Waals surface area contributed by atoms with Crippen LogP contribution in [0.5, 0.6) is 0 Å². The summed E-state index contributed by atoms with van der Waals surface area (Å²) in [6.07, 6.45) is -4.58. The second kappa shape index (κ2) is 4.44. The molecule has 0 unspecified atom stereocenters. The fourth-order valence-electron chi connectivity index (χ4n) is 1.95. The van der Waals surface area contributed by atoms with Crippen LogP contribution in [0, 0.1) is 6.92 Å². The fraction of sp³-hybridized carbons (Fsp3) is 0.154. The molecule has 2 aromatic heterocycles. The van der Waals surface area contributed by atoms with E-state index in [-0.39, 0.29) is 17.2 Å². The van der Waals surface area contributed by atoms with E-state index in [9.17, 15) is 18.0 Å². The van der Waals surface area contributed by atoms with E-state index in [1.807, 2.05) is 0 Å². The van der Waals surface area contributed by atoms with Crippen molar-refractivity contribution in [1.29, 1.82) is 0 Å². The normalized spacial score (nSPS) is 13.6. The van der Waals surface area contributed by atoms with Crippen LogP contribution >= 0.6 is 0 Å². The molecule has 0 aromatic carbocycles. The second-order valence-corrected chi connectivity index (χ2v) is 4.52. The van der Waals surface area contributed by atoms with Gasteiger partial charge in [-0.25, -0.2) is 9.97 Å². The maximum Gasteiger partial charge on any atom is 0.433 e. The third-order valence-electron chi connectivity index (χ3n) is 2.95. The molecule has 1 amide bonds. The standard InChI is InChI=1S/C13H9F3N4O/c1-6-2-4-8-11(17-6)20-12(21)7-3-5-9(13(14,15)16)19-10(7)18-8/h2-5H,1H3,(H,18,19)(H,17,20,21). The van der Waals surface area contributed by atoms with Gasteiger partial charge in [0.1, 0.15) is 11.5 Å². The highest BCUT2D eigenvalue weighted by Crippen LogP contribution is 2.33. The number of hydrogen-bond donors (Lipinski definition) is 2. The van der Waals surface area contributed by atoms with E-state index in [1.54, 1.807) is 19.1 Å². The third kappa shape index (κ3) is 2.39. The number of halogens is 3. The maximum atomic E-state index is 12.7. The molecule has 0 atom stereocenters. The van der Waals surface area contributed by atoms with Gasteiger partial charge >= 0.3 is 6.18 Å². The Morgan fingerprint density at radius 1 is 1.00 bits per heavy atom. The molecule has 21 heavy (non-hydrogen) atoms. The number of nitrogens with one attached hydrogen (secondary N) is 2. The van der Waals surface area contributed by atoms with Gasteiger partial charge in [0.15, 0.2) is 5.82 Å². The lowest BCUT2D eigenvalue weighted by atomic mass is 10.2. The van der Waals surface area contributed by atoms with Crippen molar-refractivity contribution in [2.24, 2.45) is 0 Å². The Bertz CT molecular complexity index is 743. The number of anilines is 3. The summed E-state index contributed by atoms with van der Waals surface area (Å²) in [6.45, 7) is 1.74. The molecule has 1 aliphatic heterocycles. The van der Waals surface area contributed by atoms with Gasteiger partial charge in [-0.1, -0.05) is 0 Å². The zero-order valence-corrected chi connectivity index (χ0v) is 10.7. The summed E-state index contributed by atoms with van der Waals surface area (Å²) in [5.41, 5.74) is 0.0222. The monoisotopic (exact) mass is 294 g/mol. The zero-order chi connectivity index (χ0) is 15.2. The summed E-state index contributed by atoms with van der Waals surface area (Å²) in [5.74, 6) is -0.450. The van der Waals surface area contributed by atoms with E-state index in [4.69, 9.17) is 0 Å². The van der Waals surface area contributed by atoms with Crippen molar-refractivity contribution in [2.75, 3.05) is 10.6 Å². The number of alkyl halides is 3. The van der Waals surface area contributed by atoms with Crippen LogP contribution in [0.1, 0.15) is 21.7 Å². The first-order valence-electron chi connectivity index (χ1n) is 5.99. The minimum atomic E-state index is -4.58. The number of carbonyl (C=O) groups is 1. The minimum absolute atomic E-state index is 0.0265. The zero-order valence-electron chi connectivity index (χ0n) is 10.7. The molecule has 0 bridgehead atoms. The minimum Gasteiger partial charge on any atom is -0.337 e. The molecule has 2 aromatic rings. The average molecular weight is 294 g/mol. The number of aromatic nitrogens is 2. The van der Waals surface area contributed by atoms with Gasteiger partial charge in [-0.15, -0.1) is 0 Å². The summed E-state index contributed by atoms with van der Waals surface area (Å²) >= 11 is 0. The molecule has 0 spiro atoms. The maximum absolute atomic E-state index is 12.7. The number of carbonyl (C=O) groups excluding carboxylic acids is 1. The van der Waals surface area contributed by atoms with Crippen molar-refractivity contribution in [2.45, 2.75) is 13.1 Å². The number of hydrogen-bond acceptors (Lipinski definition) is 4. The van der Waals surface area contributed by atoms with Gasteiger partial charge in [0, 0.05) is 5.69 Å². The molecular formula is C13H9F3N4O. The number of aryl methyl sites for hydroxylation is 1. The molecule has 0 radical (unpaired) electrons. The number of rotatable bonds is 0. The van der Waals surface area contributed by atoms with E-state index in [0.29, 0.717) is 11.4 Å². The fourth-order valence-corrected chi connectivity index (χ4v) is 1.95. The van der Waals surface area contributed by atoms with Gasteiger partial charge < -0.3 is 10.6 Å². The Morgan fingerprint density at radius 3 is 2.48 bits per heavy atom. The highest BCUT2D eigenvalue weighted by atomic mass is 19.4. The lowest BCUT2D eigenvalue weighted by Crippen LogP contribution is -2.14. The van der Waals surface area contributed by atoms with Crippen molar-refractivity contribution in [3.63, 3.8) is 0 Å². The lowest BCUT2D eigenvalue weighted by molar-refractivity contribution is -0.141. The highest BCUT2D eigenvalue weighted by molar-refractivity contribution is 6.10. The second-order valence-electron chi connectivity index (χ2n) is 4.52. The van der Waals surface area contributed by atoms with Crippen LogP contribution in [0.15, 0.2) is 24.3 Å². The molecule has 3 heterocycles. The molecule has 3 rings (SSSR count). The van der Waals surface area contributed by atoms with Gasteiger partial charge in [0.2, 0.25) is 0 Å². The van der Waals surface area contributed by atoms with Crippen molar-refractivity contribution >= 4 is 23.2 Å². The van der Waals surface area contributed by atoms with Crippen LogP contribution in [0.4, 0.5) is 30.5 Å². The summed E-state index contributed by atoms with van der Waals surface area (Å²) in [7, 11) is 0. The number of amides is 1. The van der Waals surface area contributed by atoms with Gasteiger partial charge in [0.05, 0.1) is 11.3 Å². The summed E-state index contributed by atoms with van der Waals surface area (Å²) in [4.78, 5) is 19.7. The molecule has 0 fully saturated rings. The Hall–Kier alpha value is -2.64. The average Bonchev–Trinajstić information content (AvgIpc) is 2.53. The summed E-state index contributed by atoms with van der Waals surface area (Å²) in [5, 5.41) is 5.26. The van der Waals surface area contributed by atoms with Crippen molar-refractivity contribution in [3.05, 3.63) is 41.2 Å². The van der Waals surface area contributed by atoms with Gasteiger partial charge in [-0.2, -0.15) is 13.2 Å². The van der Waals surface area contributed by atoms with Crippen LogP contribution in [0.2, 0.25) is 0 Å². The van der Waals surface area contributed by atoms with Crippen LogP contribution < -0.4 is 10.6 Å². The van der Waals surface area contributed by atoms with E-state index in [2.05, 4.69) is 20.6 Å². The number of nitrogens with zero attached hydrogens (tertiary/aromatic N) is 2. The SMILES string of the molecule is Cc1ccc2c(n1)NC(=O)c1ccc(C(F)(F)F)nc1N2. The lowest BCUT2D eigenvalue weighted by Gasteiger charge is -2.10. The van der Waals surface area contributed by atoms with Crippen molar-refractivity contribution in [1.82, 2.24) is 9.97 Å². The topological polar surface area (TPSA) is 66.9 Å². The van der Waals surface area contributed by atoms with Crippen LogP contribution in [0.3, 0.4) is 0 Å². The molecule has 1 aliphatic rings. The first-order valence-corrected chi connectivity index (χ1v) is 5.99. The Kier molecular flexibility index (Phi) is 2.82. The van der Waals surface area contributed by atoms with E-state index in [1.165, 1.54) is 0 Å². The summed E-state index contributed by atoms with van der Waals surface area (Å²) < 4.78 is 38.1. The Morgan fingerprint density at radius 2 is 1.76 bits per heavy atom. The predicted octanol–water partition coefficient (Wildman–Crippen LogP) is 3.11. The van der Waals surface area contributed by atoms with E-state index >= 15 is 0 Å². The van der Waals surface area contributed by atoms with Crippen molar-refractivity contribution in [3.8, 4) is 0 Å². The Labute approximate surface area is 117 Å². The predicted molar refractivity (Wildman–Crippen MR) is 69.4 cm³/mol. The van der Waals surface area contributed by atoms with Crippen LogP contribution in [-0.4, -0.2) is 15.9 Å². The molecule has 5 nitrogen and oxygen atoms in total. The first kappa shape index (κ1) is 13.3. The van der Waals surface area contributed by atoms with Gasteiger partial charge in [0.25, 0.3) is 5.91 Å². The quantitative estimate of drug-likeness (QED) is 0.783. The van der Waals surface area contributed by atoms with E-state index in [0.717, 1.165) is 12.1 Å². The molecule has 108 valence electrons. The van der Waals surface area contributed by atoms with Crippen LogP contribution in [0.25, 0.3) is 0 Å². The molecule has 8 heteroatoms. The molecule has 0 aliphatic carbocycles. The number of fused-ring (bicyclic) bond motifs is 2. The smallest absolute Gasteiger partial charge is 0.337 e. The summed E-state index contributed by atoms with van der Waals surface area (Å²) in [6, 6.07) is 5.16. The largest absolute Gasteiger partial charge is 0.433 e. The van der Waals surface area contributed by atoms with E-state index < -0.39 is 17.8 Å². The molecule has 0 saturated heterocycles. The third-order valence-corrected chi connectivity index (χ3v) is 2.95. The molecule has 0 saturated carbocycles. The van der Waals surface area contributed by atoms with Gasteiger partial charge in [-0.05, 0) is 31.2 Å². The Balaban J connectivity index is 2.13. The molecule has 2 N–H and O–H groups in total.